The number of nitro groups is 1. The molecule has 1 fully saturated rings. The number of non-ortho nitro benzene ring substituents is 1. The fourth-order valence-corrected chi connectivity index (χ4v) is 7.10. The zero-order valence-corrected chi connectivity index (χ0v) is 30.5. The first-order chi connectivity index (χ1) is 27.2. The van der Waals surface area contributed by atoms with Crippen LogP contribution in [-0.4, -0.2) is 56.9 Å². The number of furan rings is 1. The number of imide groups is 2. The Kier molecular flexibility index (Phi) is 11.2. The largest absolute Gasteiger partial charge is 0.463 e. The summed E-state index contributed by atoms with van der Waals surface area (Å²) in [5, 5.41) is 16.4. The molecule has 13 nitrogen and oxygen atoms in total. The second kappa shape index (κ2) is 16.7. The van der Waals surface area contributed by atoms with Gasteiger partial charge in [-0.2, -0.15) is 0 Å². The Morgan fingerprint density at radius 2 is 1.50 bits per heavy atom. The highest BCUT2D eigenvalue weighted by Gasteiger charge is 2.44. The van der Waals surface area contributed by atoms with Crippen LogP contribution in [0.15, 0.2) is 102 Å². The van der Waals surface area contributed by atoms with Gasteiger partial charge in [-0.15, -0.1) is 0 Å². The molecular formula is C43H39N5O8. The minimum absolute atomic E-state index is 0.00386. The molecule has 5 aromatic rings. The maximum atomic E-state index is 13.1. The van der Waals surface area contributed by atoms with Crippen molar-refractivity contribution >= 4 is 35.2 Å². The molecule has 1 unspecified atom stereocenters. The lowest BCUT2D eigenvalue weighted by molar-refractivity contribution is -0.384. The molecule has 0 aliphatic carbocycles. The number of aromatic nitrogens is 1. The molecule has 284 valence electrons. The molecule has 0 bridgehead atoms. The van der Waals surface area contributed by atoms with Crippen LogP contribution in [0.2, 0.25) is 0 Å². The van der Waals surface area contributed by atoms with Crippen molar-refractivity contribution in [3.8, 4) is 33.8 Å². The van der Waals surface area contributed by atoms with Crippen LogP contribution >= 0.6 is 0 Å². The molecule has 7 rings (SSSR count). The Balaban J connectivity index is 0.844. The number of hydrogen-bond acceptors (Lipinski definition) is 9. The normalized spacial score (nSPS) is 15.1. The van der Waals surface area contributed by atoms with Gasteiger partial charge in [-0.3, -0.25) is 44.3 Å². The average molecular weight is 754 g/mol. The number of benzene rings is 3. The number of rotatable bonds is 15. The molecule has 2 aliphatic heterocycles. The molecule has 56 heavy (non-hydrogen) atoms. The van der Waals surface area contributed by atoms with E-state index in [-0.39, 0.29) is 30.0 Å². The smallest absolute Gasteiger partial charge is 0.269 e. The van der Waals surface area contributed by atoms with Crippen LogP contribution in [0.1, 0.15) is 88.0 Å². The summed E-state index contributed by atoms with van der Waals surface area (Å²) < 4.78 is 5.60. The molecule has 5 amide bonds. The third-order valence-corrected chi connectivity index (χ3v) is 10.1. The second-order valence-electron chi connectivity index (χ2n) is 13.9. The van der Waals surface area contributed by atoms with Crippen molar-refractivity contribution in [1.82, 2.24) is 20.5 Å². The molecule has 2 N–H and O–H groups in total. The quantitative estimate of drug-likeness (QED) is 0.0480. The van der Waals surface area contributed by atoms with Gasteiger partial charge in [0, 0.05) is 36.2 Å². The number of piperidine rings is 1. The molecule has 0 saturated carbocycles. The van der Waals surface area contributed by atoms with Gasteiger partial charge in [-0.1, -0.05) is 43.9 Å². The van der Waals surface area contributed by atoms with E-state index < -0.39 is 34.6 Å². The van der Waals surface area contributed by atoms with E-state index in [2.05, 4.69) is 10.6 Å². The first-order valence-electron chi connectivity index (χ1n) is 18.7. The maximum absolute atomic E-state index is 13.1. The molecule has 2 aromatic heterocycles. The van der Waals surface area contributed by atoms with E-state index >= 15 is 0 Å². The number of nitro benzene ring substituents is 1. The number of amides is 5. The van der Waals surface area contributed by atoms with E-state index in [9.17, 15) is 34.1 Å². The molecule has 13 heteroatoms. The average Bonchev–Trinajstić information content (AvgIpc) is 3.84. The van der Waals surface area contributed by atoms with Gasteiger partial charge in [0.05, 0.1) is 28.0 Å². The Labute approximate surface area is 322 Å². The highest BCUT2D eigenvalue weighted by molar-refractivity contribution is 6.23. The van der Waals surface area contributed by atoms with Crippen LogP contribution in [-0.2, 0) is 16.0 Å². The zero-order chi connectivity index (χ0) is 39.2. The summed E-state index contributed by atoms with van der Waals surface area (Å²) in [7, 11) is 0. The monoisotopic (exact) mass is 753 g/mol. The van der Waals surface area contributed by atoms with Crippen molar-refractivity contribution in [2.45, 2.75) is 63.8 Å². The number of carbonyl (C=O) groups is 5. The fraction of sp³-hybridized carbons (Fsp3) is 0.256. The molecular weight excluding hydrogens is 714 g/mol. The van der Waals surface area contributed by atoms with Crippen LogP contribution in [0.3, 0.4) is 0 Å². The summed E-state index contributed by atoms with van der Waals surface area (Å²) in [6.45, 7) is 0.563. The van der Waals surface area contributed by atoms with Gasteiger partial charge in [0.15, 0.2) is 5.76 Å². The zero-order valence-electron chi connectivity index (χ0n) is 30.5. The lowest BCUT2D eigenvalue weighted by Crippen LogP contribution is -2.54. The third-order valence-electron chi connectivity index (χ3n) is 10.1. The van der Waals surface area contributed by atoms with Crippen LogP contribution in [0.25, 0.3) is 33.8 Å². The Bertz CT molecular complexity index is 2300. The summed E-state index contributed by atoms with van der Waals surface area (Å²) in [6, 6.07) is 25.2. The predicted molar refractivity (Wildman–Crippen MR) is 206 cm³/mol. The first kappa shape index (κ1) is 37.6. The van der Waals surface area contributed by atoms with E-state index in [1.807, 2.05) is 36.4 Å². The first-order valence-corrected chi connectivity index (χ1v) is 18.7. The van der Waals surface area contributed by atoms with Crippen LogP contribution in [0, 0.1) is 10.1 Å². The number of pyridine rings is 1. The summed E-state index contributed by atoms with van der Waals surface area (Å²) in [6.07, 6.45) is 8.35. The lowest BCUT2D eigenvalue weighted by Gasteiger charge is -2.27. The van der Waals surface area contributed by atoms with E-state index in [0.717, 1.165) is 72.1 Å². The molecule has 1 saturated heterocycles. The fourth-order valence-electron chi connectivity index (χ4n) is 7.10. The Morgan fingerprint density at radius 1 is 0.804 bits per heavy atom. The number of hydrogen-bond donors (Lipinski definition) is 2. The minimum Gasteiger partial charge on any atom is -0.463 e. The van der Waals surface area contributed by atoms with E-state index in [1.165, 1.54) is 12.1 Å². The highest BCUT2D eigenvalue weighted by atomic mass is 16.6. The summed E-state index contributed by atoms with van der Waals surface area (Å²) in [4.78, 5) is 79.2. The summed E-state index contributed by atoms with van der Waals surface area (Å²) >= 11 is 0. The topological polar surface area (TPSA) is 182 Å². The van der Waals surface area contributed by atoms with E-state index in [0.29, 0.717) is 34.8 Å². The number of unbranched alkanes of at least 4 members (excludes halogenated alkanes) is 5. The highest BCUT2D eigenvalue weighted by Crippen LogP contribution is 2.32. The Morgan fingerprint density at radius 3 is 2.21 bits per heavy atom. The molecule has 3 aromatic carbocycles. The number of nitrogens with zero attached hydrogens (tertiary/aromatic N) is 3. The molecule has 4 heterocycles. The predicted octanol–water partition coefficient (Wildman–Crippen LogP) is 7.30. The van der Waals surface area contributed by atoms with Crippen molar-refractivity contribution in [1.29, 1.82) is 0 Å². The van der Waals surface area contributed by atoms with Crippen LogP contribution in [0.5, 0.6) is 0 Å². The molecule has 0 spiro atoms. The number of aryl methyl sites for hydroxylation is 1. The number of carbonyl (C=O) groups excluding carboxylic acids is 5. The van der Waals surface area contributed by atoms with Crippen molar-refractivity contribution in [3.05, 3.63) is 130 Å². The van der Waals surface area contributed by atoms with Crippen molar-refractivity contribution < 1.29 is 33.3 Å². The van der Waals surface area contributed by atoms with E-state index in [1.54, 1.807) is 48.7 Å². The van der Waals surface area contributed by atoms with Gasteiger partial charge in [0.2, 0.25) is 11.8 Å². The van der Waals surface area contributed by atoms with Crippen molar-refractivity contribution in [2.24, 2.45) is 0 Å². The van der Waals surface area contributed by atoms with E-state index in [4.69, 9.17) is 9.40 Å². The standard InChI is InChI=1S/C43H39N5O8/c49-39-21-20-37(41(51)46-39)47-42(52)33-19-10-27(24-34(33)43(47)53)8-5-3-1-2-4-6-22-44-40(50)30-13-11-28(12-14-30)31-25-35(29-15-17-32(18-16-29)48(54)55)45-36(26-31)38-9-7-23-56-38/h7,9-19,23-26,37H,1-6,8,20-22H2,(H,44,50)(H,46,49,51). The Hall–Kier alpha value is -6.76. The van der Waals surface area contributed by atoms with Gasteiger partial charge >= 0.3 is 0 Å². The van der Waals surface area contributed by atoms with Crippen molar-refractivity contribution in [2.75, 3.05) is 6.54 Å². The number of nitrogens with one attached hydrogen (secondary N) is 2. The van der Waals surface area contributed by atoms with Crippen molar-refractivity contribution in [3.63, 3.8) is 0 Å². The van der Waals surface area contributed by atoms with Crippen LogP contribution < -0.4 is 10.6 Å². The van der Waals surface area contributed by atoms with Crippen LogP contribution in [0.4, 0.5) is 5.69 Å². The van der Waals surface area contributed by atoms with Gasteiger partial charge in [0.25, 0.3) is 23.4 Å². The molecule has 2 aliphatic rings. The maximum Gasteiger partial charge on any atom is 0.269 e. The third kappa shape index (κ3) is 8.31. The summed E-state index contributed by atoms with van der Waals surface area (Å²) in [5.74, 6) is -1.58. The summed E-state index contributed by atoms with van der Waals surface area (Å²) in [5.41, 5.74) is 5.77. The van der Waals surface area contributed by atoms with Gasteiger partial charge in [-0.25, -0.2) is 4.98 Å². The lowest BCUT2D eigenvalue weighted by atomic mass is 10.00. The molecule has 0 radical (unpaired) electrons. The SMILES string of the molecule is O=C1CCC(N2C(=O)c3ccc(CCCCCCCCNC(=O)c4ccc(-c5cc(-c6ccc([N+](=O)[O-])cc6)nc(-c6ccco6)c5)cc4)cc3C2=O)C(=O)N1. The minimum atomic E-state index is -0.973. The molecule has 1 atom stereocenters. The second-order valence-corrected chi connectivity index (χ2v) is 13.9. The number of fused-ring (bicyclic) bond motifs is 1. The van der Waals surface area contributed by atoms with Gasteiger partial charge in [0.1, 0.15) is 11.7 Å². The van der Waals surface area contributed by atoms with Gasteiger partial charge < -0.3 is 9.73 Å². The van der Waals surface area contributed by atoms with Gasteiger partial charge in [-0.05, 0) is 103 Å².